The first-order valence-electron chi connectivity index (χ1n) is 37.6. The second kappa shape index (κ2) is 39.6. The third-order valence-electron chi connectivity index (χ3n) is 19.0. The third-order valence-corrected chi connectivity index (χ3v) is 20.7. The number of carboxylic acid groups (broad SMARTS) is 1. The maximum atomic E-state index is 13.8. The number of nitrogens with zero attached hydrogens (tertiary/aromatic N) is 5. The molecule has 2 unspecified atom stereocenters. The van der Waals surface area contributed by atoms with E-state index < -0.39 is 22.1 Å². The van der Waals surface area contributed by atoms with Gasteiger partial charge in [-0.25, -0.2) is 4.79 Å². The molecule has 6 heterocycles. The highest BCUT2D eigenvalue weighted by Crippen LogP contribution is 2.44. The maximum Gasteiger partial charge on any atom is 0.381 e. The third kappa shape index (κ3) is 23.3. The van der Waals surface area contributed by atoms with Crippen LogP contribution in [0.2, 0.25) is 39.3 Å². The zero-order chi connectivity index (χ0) is 77.2. The number of fused-ring (bicyclic) bond motifs is 3. The first-order chi connectivity index (χ1) is 52.1. The van der Waals surface area contributed by atoms with E-state index in [2.05, 4.69) is 214 Å². The minimum atomic E-state index is -1.70. The molecule has 0 saturated heterocycles. The summed E-state index contributed by atoms with van der Waals surface area (Å²) in [5.74, 6) is 8.79. The molecule has 3 aliphatic rings. The van der Waals surface area contributed by atoms with E-state index >= 15 is 0 Å². The number of ether oxygens (including phenoxy) is 3. The Morgan fingerprint density at radius 3 is 1.20 bits per heavy atom. The smallest absolute Gasteiger partial charge is 0.381 e. The standard InChI is InChI=1S/C31H37N3O2Si.C28H29N3O2.C25H29N3O.C6H10O2Si/c1-6-7-10-27-20-24-21-28(36-2)15-16-29(24)31(34(27)30(35)17-19-37(3,4)5)23-11-13-25(14-12-23)33-26-9-8-18-32-22-26;1-4-6-9-24-17-21-18-25(33-3)14-15-26(21)28(31(24)27(32)5-2)20-10-12-22(13-11-20)30-23-8-7-16-29-19-23;1-3-4-6-21-15-19-16-23(29-2)12-13-24(19)25(28-21)18-8-10-20(11-9-18)27-22-7-5-14-26-17-22;1-9(2,3)5-4-6(7)8/h8-9,11-16,18,21-22,27,31,33H,6-7,10,20H2,1-5H3;2,7-8,10-16,18-19,24,28,30H,4,6,9,17H2,1,3H3;5,7-14,16-17,21,25,27-28H,3-4,6,15H2,1-2H3;1-3H3,(H,7,8)/t27-,31?;24-,28-;21-,25?;/m000./s1. The number of terminal acetylenes is 1. The predicted octanol–water partition coefficient (Wildman–Crippen LogP) is 18.8. The molecule has 5 N–H and O–H groups in total. The van der Waals surface area contributed by atoms with Gasteiger partial charge in [0.15, 0.2) is 0 Å². The molecule has 0 saturated carbocycles. The van der Waals surface area contributed by atoms with Crippen LogP contribution in [0.25, 0.3) is 0 Å². The second-order valence-corrected chi connectivity index (χ2v) is 39.0. The van der Waals surface area contributed by atoms with Crippen LogP contribution in [0.5, 0.6) is 17.2 Å². The van der Waals surface area contributed by atoms with E-state index in [1.54, 1.807) is 52.3 Å². The van der Waals surface area contributed by atoms with Gasteiger partial charge in [-0.1, -0.05) is 153 Å². The van der Waals surface area contributed by atoms with Crippen molar-refractivity contribution in [1.82, 2.24) is 30.1 Å². The minimum absolute atomic E-state index is 0.0475. The highest BCUT2D eigenvalue weighted by atomic mass is 28.3. The van der Waals surface area contributed by atoms with Gasteiger partial charge in [-0.15, -0.1) is 17.5 Å². The molecule has 3 aliphatic heterocycles. The summed E-state index contributed by atoms with van der Waals surface area (Å²) in [6, 6.07) is 56.2. The summed E-state index contributed by atoms with van der Waals surface area (Å²) in [7, 11) is 1.96. The van der Waals surface area contributed by atoms with Crippen molar-refractivity contribution in [3.63, 3.8) is 0 Å². The maximum absolute atomic E-state index is 13.8. The van der Waals surface area contributed by atoms with Crippen LogP contribution >= 0.6 is 0 Å². The van der Waals surface area contributed by atoms with E-state index in [0.717, 1.165) is 131 Å². The number of aliphatic carboxylic acids is 1. The molecule has 0 spiro atoms. The van der Waals surface area contributed by atoms with Gasteiger partial charge >= 0.3 is 5.97 Å². The van der Waals surface area contributed by atoms with Crippen molar-refractivity contribution >= 4 is 68.1 Å². The number of nitrogens with one attached hydrogen (secondary N) is 4. The monoisotopic (exact) mass is 1480 g/mol. The summed E-state index contributed by atoms with van der Waals surface area (Å²) < 4.78 is 16.5. The molecule has 0 bridgehead atoms. The topological polar surface area (TPSA) is 192 Å². The van der Waals surface area contributed by atoms with Crippen LogP contribution in [0.15, 0.2) is 201 Å². The molecule has 16 nitrogen and oxygen atoms in total. The van der Waals surface area contributed by atoms with Crippen LogP contribution in [0, 0.1) is 35.3 Å². The molecule has 12 rings (SSSR count). The first kappa shape index (κ1) is 81.1. The predicted molar refractivity (Wildman–Crippen MR) is 443 cm³/mol. The van der Waals surface area contributed by atoms with Crippen LogP contribution in [0.4, 0.5) is 34.1 Å². The highest BCUT2D eigenvalue weighted by molar-refractivity contribution is 6.84. The summed E-state index contributed by atoms with van der Waals surface area (Å²) in [4.78, 5) is 53.1. The Labute approximate surface area is 642 Å². The Balaban J connectivity index is 0.000000177. The number of hydrogen-bond acceptors (Lipinski definition) is 13. The van der Waals surface area contributed by atoms with E-state index in [4.69, 9.17) is 25.7 Å². The Morgan fingerprint density at radius 1 is 0.481 bits per heavy atom. The quantitative estimate of drug-likeness (QED) is 0.0337. The number of benzene rings is 6. The van der Waals surface area contributed by atoms with Crippen molar-refractivity contribution in [1.29, 1.82) is 0 Å². The zero-order valence-corrected chi connectivity index (χ0v) is 66.7. The van der Waals surface area contributed by atoms with Gasteiger partial charge < -0.3 is 50.4 Å². The fourth-order valence-corrected chi connectivity index (χ4v) is 14.7. The molecule has 0 fully saturated rings. The van der Waals surface area contributed by atoms with Crippen LogP contribution < -0.4 is 35.5 Å². The number of methoxy groups -OCH3 is 3. The normalized spacial score (nSPS) is 16.7. The number of carbonyl (C=O) groups is 3. The van der Waals surface area contributed by atoms with Crippen molar-refractivity contribution in [2.24, 2.45) is 0 Å². The highest BCUT2D eigenvalue weighted by Gasteiger charge is 2.40. The van der Waals surface area contributed by atoms with E-state index in [9.17, 15) is 14.4 Å². The van der Waals surface area contributed by atoms with Gasteiger partial charge in [-0.2, -0.15) is 0 Å². The van der Waals surface area contributed by atoms with Gasteiger partial charge in [-0.3, -0.25) is 24.5 Å². The Morgan fingerprint density at radius 2 is 0.852 bits per heavy atom. The van der Waals surface area contributed by atoms with Gasteiger partial charge in [0.25, 0.3) is 11.8 Å². The van der Waals surface area contributed by atoms with Crippen molar-refractivity contribution < 1.29 is 33.7 Å². The number of carbonyl (C=O) groups excluding carboxylic acids is 2. The van der Waals surface area contributed by atoms with Crippen LogP contribution in [0.3, 0.4) is 0 Å². The number of pyridine rings is 3. The number of amides is 2. The summed E-state index contributed by atoms with van der Waals surface area (Å²) in [6.07, 6.45) is 28.8. The van der Waals surface area contributed by atoms with Crippen LogP contribution in [-0.2, 0) is 33.6 Å². The summed E-state index contributed by atoms with van der Waals surface area (Å²) >= 11 is 0. The first-order valence-corrected chi connectivity index (χ1v) is 44.6. The number of unbranched alkanes of at least 4 members (excludes halogenated alkanes) is 3. The molecule has 6 atom stereocenters. The molecule has 18 heteroatoms. The molecular formula is C90H105N9O7Si2. The number of aromatic nitrogens is 3. The summed E-state index contributed by atoms with van der Waals surface area (Å²) in [6.45, 7) is 19.1. The molecule has 0 aliphatic carbocycles. The van der Waals surface area contributed by atoms with Crippen LogP contribution in [-0.4, -0.2) is 103 Å². The Kier molecular flexibility index (Phi) is 29.7. The summed E-state index contributed by atoms with van der Waals surface area (Å²) in [5, 5.41) is 22.2. The van der Waals surface area contributed by atoms with Crippen molar-refractivity contribution in [3.8, 4) is 52.5 Å². The molecule has 6 aromatic carbocycles. The van der Waals surface area contributed by atoms with E-state index in [1.165, 1.54) is 47.1 Å². The van der Waals surface area contributed by atoms with Gasteiger partial charge in [0.1, 0.15) is 33.4 Å². The number of anilines is 6. The molecule has 108 heavy (non-hydrogen) atoms. The minimum Gasteiger partial charge on any atom is -0.497 e. The molecule has 9 aromatic rings. The van der Waals surface area contributed by atoms with Gasteiger partial charge in [-0.05, 0) is 210 Å². The molecule has 3 aromatic heterocycles. The fraction of sp³-hybridized carbons (Fsp3) is 0.333. The number of rotatable bonds is 21. The second-order valence-electron chi connectivity index (χ2n) is 29.5. The Hall–Kier alpha value is -10.9. The molecule has 2 amide bonds. The fourth-order valence-electron chi connectivity index (χ4n) is 13.8. The zero-order valence-electron chi connectivity index (χ0n) is 64.7. The Bertz CT molecular complexity index is 4580. The largest absolute Gasteiger partial charge is 0.497 e. The van der Waals surface area contributed by atoms with E-state index in [0.29, 0.717) is 6.04 Å². The van der Waals surface area contributed by atoms with E-state index in [-0.39, 0.29) is 42.0 Å². The number of carboxylic acids is 1. The van der Waals surface area contributed by atoms with Gasteiger partial charge in [0.05, 0.1) is 75.1 Å². The molecule has 0 radical (unpaired) electrons. The lowest BCUT2D eigenvalue weighted by molar-refractivity contribution is -0.131. The lowest BCUT2D eigenvalue weighted by atomic mass is 9.83. The average Bonchev–Trinajstić information content (AvgIpc) is 0.767. The van der Waals surface area contributed by atoms with Crippen molar-refractivity contribution in [3.05, 3.63) is 251 Å². The van der Waals surface area contributed by atoms with E-state index in [1.807, 2.05) is 91.4 Å². The van der Waals surface area contributed by atoms with Crippen molar-refractivity contribution in [2.45, 2.75) is 173 Å². The molecular weight excluding hydrogens is 1380 g/mol. The summed E-state index contributed by atoms with van der Waals surface area (Å²) in [5.41, 5.74) is 22.7. The molecule has 560 valence electrons. The van der Waals surface area contributed by atoms with Crippen molar-refractivity contribution in [2.75, 3.05) is 37.3 Å². The van der Waals surface area contributed by atoms with Crippen LogP contribution in [0.1, 0.15) is 147 Å². The van der Waals surface area contributed by atoms with Gasteiger partial charge in [0, 0.05) is 59.7 Å². The van der Waals surface area contributed by atoms with Gasteiger partial charge in [0.2, 0.25) is 0 Å². The lowest BCUT2D eigenvalue weighted by Gasteiger charge is -2.43. The SMILES string of the molecule is C#CC(=O)N1[C@@H](CCCC)Cc2cc(OC)ccc2[C@@H]1c1ccc(Nc2cccnc2)cc1.CCCC[C@H]1Cc2cc(OC)ccc2C(c2ccc(Nc3cccnc3)cc2)N1.CCCC[C@H]1Cc2cc(OC)ccc2C(c2ccc(Nc3cccnc3)cc2)N1C(=O)C#C[Si](C)(C)C.C[Si](C)(C)C#CC(=O)O. The lowest BCUT2D eigenvalue weighted by Crippen LogP contribution is -2.47. The average molecular weight is 1480 g/mol. The number of hydrogen-bond donors (Lipinski definition) is 5.